The maximum Gasteiger partial charge on any atom is 0.192 e. The summed E-state index contributed by atoms with van der Waals surface area (Å²) in [5, 5.41) is 0.866. The molecule has 0 aliphatic heterocycles. The highest BCUT2D eigenvalue weighted by Crippen LogP contribution is 2.22. The predicted octanol–water partition coefficient (Wildman–Crippen LogP) is 4.55. The van der Waals surface area contributed by atoms with Crippen molar-refractivity contribution in [3.63, 3.8) is 0 Å². The average Bonchev–Trinajstić information content (AvgIpc) is 2.33. The first-order valence-corrected chi connectivity index (χ1v) is 6.53. The van der Waals surface area contributed by atoms with Crippen LogP contribution in [-0.4, -0.2) is 18.5 Å². The van der Waals surface area contributed by atoms with Crippen LogP contribution in [0.1, 0.15) is 30.1 Å². The average molecular weight is 287 g/mol. The van der Waals surface area contributed by atoms with Gasteiger partial charge in [0.2, 0.25) is 0 Å². The number of rotatable bonds is 7. The fourth-order valence-corrected chi connectivity index (χ4v) is 1.97. The van der Waals surface area contributed by atoms with Crippen LogP contribution in [-0.2, 0) is 4.74 Å². The lowest BCUT2D eigenvalue weighted by Gasteiger charge is -2.12. The quantitative estimate of drug-likeness (QED) is 0.418. The Hall–Kier alpha value is -0.830. The molecule has 1 aromatic carbocycles. The summed E-state index contributed by atoms with van der Waals surface area (Å²) in [4.78, 5) is 12.1. The number of ketones is 1. The summed E-state index contributed by atoms with van der Waals surface area (Å²) < 4.78 is 5.46. The number of hydrogen-bond acceptors (Lipinski definition) is 2. The van der Waals surface area contributed by atoms with Crippen LogP contribution in [0.2, 0.25) is 10.0 Å². The van der Waals surface area contributed by atoms with Crippen LogP contribution in [0.15, 0.2) is 30.9 Å². The first-order chi connectivity index (χ1) is 8.56. The lowest BCUT2D eigenvalue weighted by atomic mass is 10.1. The van der Waals surface area contributed by atoms with E-state index in [9.17, 15) is 4.79 Å². The minimum absolute atomic E-state index is 0.129. The number of halogens is 2. The van der Waals surface area contributed by atoms with Gasteiger partial charge in [0.05, 0.1) is 5.02 Å². The van der Waals surface area contributed by atoms with Gasteiger partial charge in [-0.05, 0) is 38.0 Å². The summed E-state index contributed by atoms with van der Waals surface area (Å²) in [5.41, 5.74) is 0.442. The Morgan fingerprint density at radius 3 is 2.83 bits per heavy atom. The van der Waals surface area contributed by atoms with Crippen LogP contribution in [0, 0.1) is 0 Å². The highest BCUT2D eigenvalue weighted by atomic mass is 35.5. The molecule has 0 aromatic heterocycles. The summed E-state index contributed by atoms with van der Waals surface area (Å²) in [6, 6.07) is 4.82. The zero-order valence-electron chi connectivity index (χ0n) is 10.3. The van der Waals surface area contributed by atoms with E-state index in [4.69, 9.17) is 27.9 Å². The van der Waals surface area contributed by atoms with Crippen molar-refractivity contribution in [2.24, 2.45) is 0 Å². The zero-order valence-corrected chi connectivity index (χ0v) is 11.8. The van der Waals surface area contributed by atoms with E-state index >= 15 is 0 Å². The summed E-state index contributed by atoms with van der Waals surface area (Å²) >= 11 is 11.8. The van der Waals surface area contributed by atoms with E-state index in [-0.39, 0.29) is 5.78 Å². The van der Waals surface area contributed by atoms with E-state index in [2.05, 4.69) is 6.58 Å². The maximum absolute atomic E-state index is 12.1. The van der Waals surface area contributed by atoms with Crippen molar-refractivity contribution in [3.8, 4) is 0 Å². The number of unbranched alkanes of at least 4 members (excludes halogenated alkanes) is 1. The van der Waals surface area contributed by atoms with Crippen molar-refractivity contribution in [2.45, 2.75) is 25.9 Å². The molecule has 18 heavy (non-hydrogen) atoms. The monoisotopic (exact) mass is 286 g/mol. The molecule has 0 spiro atoms. The molecule has 0 bridgehead atoms. The van der Waals surface area contributed by atoms with Crippen molar-refractivity contribution in [3.05, 3.63) is 46.5 Å². The third-order valence-electron chi connectivity index (χ3n) is 2.49. The lowest BCUT2D eigenvalue weighted by Crippen LogP contribution is -2.21. The second-order valence-corrected chi connectivity index (χ2v) is 4.78. The number of benzene rings is 1. The van der Waals surface area contributed by atoms with Crippen LogP contribution in [0.25, 0.3) is 0 Å². The molecule has 0 radical (unpaired) electrons. The van der Waals surface area contributed by atoms with E-state index < -0.39 is 6.10 Å². The Morgan fingerprint density at radius 2 is 2.22 bits per heavy atom. The van der Waals surface area contributed by atoms with E-state index in [0.717, 1.165) is 12.8 Å². The van der Waals surface area contributed by atoms with Gasteiger partial charge in [0.15, 0.2) is 5.78 Å². The molecule has 1 aromatic rings. The van der Waals surface area contributed by atoms with Crippen molar-refractivity contribution in [1.29, 1.82) is 0 Å². The van der Waals surface area contributed by atoms with Gasteiger partial charge < -0.3 is 4.74 Å². The topological polar surface area (TPSA) is 26.3 Å². The molecular weight excluding hydrogens is 271 g/mol. The van der Waals surface area contributed by atoms with Gasteiger partial charge in [0.25, 0.3) is 0 Å². The van der Waals surface area contributed by atoms with Gasteiger partial charge in [0.1, 0.15) is 6.10 Å². The third-order valence-corrected chi connectivity index (χ3v) is 3.03. The minimum Gasteiger partial charge on any atom is -0.370 e. The zero-order chi connectivity index (χ0) is 13.5. The Balaban J connectivity index is 2.60. The van der Waals surface area contributed by atoms with Crippen LogP contribution >= 0.6 is 23.2 Å². The molecule has 0 fully saturated rings. The van der Waals surface area contributed by atoms with Crippen molar-refractivity contribution in [2.75, 3.05) is 6.61 Å². The van der Waals surface area contributed by atoms with Crippen LogP contribution in [0.5, 0.6) is 0 Å². The maximum atomic E-state index is 12.1. The fourth-order valence-electron chi connectivity index (χ4n) is 1.47. The van der Waals surface area contributed by atoms with Gasteiger partial charge in [-0.15, -0.1) is 6.58 Å². The smallest absolute Gasteiger partial charge is 0.192 e. The summed E-state index contributed by atoms with van der Waals surface area (Å²) in [5.74, 6) is -0.129. The Kier molecular flexibility index (Phi) is 6.41. The van der Waals surface area contributed by atoms with Crippen molar-refractivity contribution < 1.29 is 9.53 Å². The third kappa shape index (κ3) is 4.45. The summed E-state index contributed by atoms with van der Waals surface area (Å²) in [6.45, 7) is 5.88. The number of allylic oxidation sites excluding steroid dienone is 1. The first kappa shape index (κ1) is 15.2. The number of Topliss-reactive ketones (excluding diaryl/α,β-unsaturated/α-hetero) is 1. The molecule has 98 valence electrons. The van der Waals surface area contributed by atoms with E-state index in [1.165, 1.54) is 0 Å². The van der Waals surface area contributed by atoms with E-state index in [1.54, 1.807) is 25.1 Å². The lowest BCUT2D eigenvalue weighted by molar-refractivity contribution is 0.0471. The first-order valence-electron chi connectivity index (χ1n) is 5.78. The number of hydrogen-bond donors (Lipinski definition) is 0. The van der Waals surface area contributed by atoms with Crippen LogP contribution in [0.4, 0.5) is 0 Å². The predicted molar refractivity (Wildman–Crippen MR) is 75.6 cm³/mol. The van der Waals surface area contributed by atoms with Gasteiger partial charge in [0, 0.05) is 17.2 Å². The number of carbonyl (C=O) groups excluding carboxylic acids is 1. The van der Waals surface area contributed by atoms with Gasteiger partial charge in [-0.3, -0.25) is 4.79 Å². The summed E-state index contributed by atoms with van der Waals surface area (Å²) in [6.07, 6.45) is 3.05. The molecule has 4 heteroatoms. The van der Waals surface area contributed by atoms with Gasteiger partial charge in [-0.25, -0.2) is 0 Å². The number of carbonyl (C=O) groups is 1. The SMILES string of the molecule is C=CCCCOC(C)C(=O)c1ccc(Cl)cc1Cl. The highest BCUT2D eigenvalue weighted by molar-refractivity contribution is 6.37. The molecule has 0 amide bonds. The molecule has 0 aliphatic carbocycles. The highest BCUT2D eigenvalue weighted by Gasteiger charge is 2.18. The standard InChI is InChI=1S/C14H16Cl2O2/c1-3-4-5-8-18-10(2)14(17)12-7-6-11(15)9-13(12)16/h3,6-7,9-10H,1,4-5,8H2,2H3. The molecule has 1 unspecified atom stereocenters. The second-order valence-electron chi connectivity index (χ2n) is 3.93. The van der Waals surface area contributed by atoms with Gasteiger partial charge in [-0.1, -0.05) is 29.3 Å². The van der Waals surface area contributed by atoms with Crippen molar-refractivity contribution in [1.82, 2.24) is 0 Å². The Bertz CT molecular complexity index is 430. The van der Waals surface area contributed by atoms with Gasteiger partial charge >= 0.3 is 0 Å². The molecule has 2 nitrogen and oxygen atoms in total. The minimum atomic E-state index is -0.506. The molecule has 0 heterocycles. The second kappa shape index (κ2) is 7.57. The Labute approximate surface area is 118 Å². The molecule has 1 rings (SSSR count). The van der Waals surface area contributed by atoms with Gasteiger partial charge in [-0.2, -0.15) is 0 Å². The molecule has 0 saturated carbocycles. The largest absolute Gasteiger partial charge is 0.370 e. The molecule has 0 N–H and O–H groups in total. The van der Waals surface area contributed by atoms with Crippen molar-refractivity contribution >= 4 is 29.0 Å². The summed E-state index contributed by atoms with van der Waals surface area (Å²) in [7, 11) is 0. The molecular formula is C14H16Cl2O2. The molecule has 0 aliphatic rings. The van der Waals surface area contributed by atoms with E-state index in [0.29, 0.717) is 22.2 Å². The normalized spacial score (nSPS) is 12.2. The Morgan fingerprint density at radius 1 is 1.50 bits per heavy atom. The van der Waals surface area contributed by atoms with E-state index in [1.807, 2.05) is 6.08 Å². The fraction of sp³-hybridized carbons (Fsp3) is 0.357. The van der Waals surface area contributed by atoms with Crippen LogP contribution < -0.4 is 0 Å². The molecule has 0 saturated heterocycles. The van der Waals surface area contributed by atoms with Crippen LogP contribution in [0.3, 0.4) is 0 Å². The number of ether oxygens (including phenoxy) is 1. The molecule has 1 atom stereocenters.